The monoisotopic (exact) mass is 226 g/mol. The van der Waals surface area contributed by atoms with Crippen molar-refractivity contribution in [1.82, 2.24) is 0 Å². The molecule has 0 saturated carbocycles. The summed E-state index contributed by atoms with van der Waals surface area (Å²) in [6.07, 6.45) is 0.871. The summed E-state index contributed by atoms with van der Waals surface area (Å²) in [5.74, 6) is 1.42. The van der Waals surface area contributed by atoms with Gasteiger partial charge in [-0.25, -0.2) is 9.98 Å². The first kappa shape index (κ1) is 13.0. The van der Waals surface area contributed by atoms with E-state index in [2.05, 4.69) is 37.7 Å². The number of ether oxygens (including phenoxy) is 2. The molecule has 0 aromatic rings. The largest absolute Gasteiger partial charge is 0.483 e. The van der Waals surface area contributed by atoms with Crippen molar-refractivity contribution in [2.75, 3.05) is 14.2 Å². The minimum absolute atomic E-state index is 0.00134. The SMILES string of the molecule is CC[C@@H]1N=C(OC)[C@@H](C(C)(C)C)N=C1OC. The molecule has 0 radical (unpaired) electrons. The summed E-state index contributed by atoms with van der Waals surface area (Å²) in [7, 11) is 3.30. The molecule has 1 heterocycles. The van der Waals surface area contributed by atoms with Gasteiger partial charge in [-0.15, -0.1) is 0 Å². The number of rotatable bonds is 1. The zero-order chi connectivity index (χ0) is 12.3. The maximum absolute atomic E-state index is 5.34. The molecule has 0 aromatic heterocycles. The predicted octanol–water partition coefficient (Wildman–Crippen LogP) is 2.28. The fraction of sp³-hybridized carbons (Fsp3) is 0.833. The lowest BCUT2D eigenvalue weighted by molar-refractivity contribution is 0.288. The molecule has 16 heavy (non-hydrogen) atoms. The zero-order valence-corrected chi connectivity index (χ0v) is 11.1. The van der Waals surface area contributed by atoms with Gasteiger partial charge in [-0.2, -0.15) is 0 Å². The molecule has 0 saturated heterocycles. The Balaban J connectivity index is 3.05. The number of hydrogen-bond acceptors (Lipinski definition) is 4. The Bertz CT molecular complexity index is 303. The molecular formula is C12H22N2O2. The molecule has 0 aromatic carbocycles. The van der Waals surface area contributed by atoms with Crippen LogP contribution < -0.4 is 0 Å². The van der Waals surface area contributed by atoms with E-state index in [-0.39, 0.29) is 17.5 Å². The Hall–Kier alpha value is -1.06. The molecular weight excluding hydrogens is 204 g/mol. The molecule has 1 rings (SSSR count). The van der Waals surface area contributed by atoms with Gasteiger partial charge >= 0.3 is 0 Å². The van der Waals surface area contributed by atoms with E-state index >= 15 is 0 Å². The summed E-state index contributed by atoms with van der Waals surface area (Å²) in [5, 5.41) is 0. The summed E-state index contributed by atoms with van der Waals surface area (Å²) in [4.78, 5) is 9.17. The van der Waals surface area contributed by atoms with Gasteiger partial charge in [0.25, 0.3) is 0 Å². The Kier molecular flexibility index (Phi) is 3.94. The topological polar surface area (TPSA) is 43.2 Å². The third-order valence-corrected chi connectivity index (χ3v) is 2.68. The van der Waals surface area contributed by atoms with Gasteiger partial charge in [-0.1, -0.05) is 27.7 Å². The fourth-order valence-electron chi connectivity index (χ4n) is 1.73. The average molecular weight is 226 g/mol. The first-order chi connectivity index (χ1) is 7.43. The van der Waals surface area contributed by atoms with Crippen molar-refractivity contribution in [3.63, 3.8) is 0 Å². The van der Waals surface area contributed by atoms with Crippen LogP contribution in [0, 0.1) is 5.41 Å². The highest BCUT2D eigenvalue weighted by Crippen LogP contribution is 2.27. The normalized spacial score (nSPS) is 25.9. The smallest absolute Gasteiger partial charge is 0.210 e. The summed E-state index contributed by atoms with van der Waals surface area (Å²) < 4.78 is 10.6. The standard InChI is InChI=1S/C12H22N2O2/c1-7-8-10(15-5)14-9(12(2,3)4)11(13-8)16-6/h8-9H,7H2,1-6H3/t8-,9-/m0/s1. The second kappa shape index (κ2) is 4.85. The van der Waals surface area contributed by atoms with Crippen molar-refractivity contribution < 1.29 is 9.47 Å². The predicted molar refractivity (Wildman–Crippen MR) is 66.2 cm³/mol. The molecule has 0 aliphatic carbocycles. The third-order valence-electron chi connectivity index (χ3n) is 2.68. The number of aliphatic imine (C=N–C) groups is 2. The van der Waals surface area contributed by atoms with Gasteiger partial charge in [0.2, 0.25) is 11.8 Å². The number of hydrogen-bond donors (Lipinski definition) is 0. The van der Waals surface area contributed by atoms with E-state index in [1.165, 1.54) is 0 Å². The molecule has 0 spiro atoms. The average Bonchev–Trinajstić information content (AvgIpc) is 2.25. The molecule has 4 heteroatoms. The Morgan fingerprint density at radius 2 is 1.62 bits per heavy atom. The Morgan fingerprint density at radius 3 is 2.00 bits per heavy atom. The van der Waals surface area contributed by atoms with Crippen LogP contribution in [-0.4, -0.2) is 38.1 Å². The molecule has 1 aliphatic rings. The second-order valence-electron chi connectivity index (χ2n) is 5.04. The van der Waals surface area contributed by atoms with Gasteiger partial charge in [0.05, 0.1) is 14.2 Å². The highest BCUT2D eigenvalue weighted by molar-refractivity contribution is 5.94. The van der Waals surface area contributed by atoms with Crippen LogP contribution in [0.4, 0.5) is 0 Å². The second-order valence-corrected chi connectivity index (χ2v) is 5.04. The number of nitrogens with zero attached hydrogens (tertiary/aromatic N) is 2. The van der Waals surface area contributed by atoms with Crippen molar-refractivity contribution in [2.24, 2.45) is 15.4 Å². The van der Waals surface area contributed by atoms with Gasteiger partial charge in [0.15, 0.2) is 0 Å². The Morgan fingerprint density at radius 1 is 1.06 bits per heavy atom. The quantitative estimate of drug-likeness (QED) is 0.688. The molecule has 1 aliphatic heterocycles. The van der Waals surface area contributed by atoms with Gasteiger partial charge in [0, 0.05) is 0 Å². The lowest BCUT2D eigenvalue weighted by Gasteiger charge is -2.32. The van der Waals surface area contributed by atoms with E-state index in [0.29, 0.717) is 11.8 Å². The van der Waals surface area contributed by atoms with Crippen LogP contribution in [0.3, 0.4) is 0 Å². The van der Waals surface area contributed by atoms with E-state index in [4.69, 9.17) is 9.47 Å². The van der Waals surface area contributed by atoms with E-state index in [0.717, 1.165) is 6.42 Å². The molecule has 0 fully saturated rings. The van der Waals surface area contributed by atoms with Gasteiger partial charge in [0.1, 0.15) is 12.1 Å². The summed E-state index contributed by atoms with van der Waals surface area (Å²) in [6.45, 7) is 8.42. The first-order valence-electron chi connectivity index (χ1n) is 5.67. The van der Waals surface area contributed by atoms with Crippen LogP contribution in [0.15, 0.2) is 9.98 Å². The molecule has 0 amide bonds. The van der Waals surface area contributed by atoms with Crippen molar-refractivity contribution in [3.8, 4) is 0 Å². The van der Waals surface area contributed by atoms with Crippen LogP contribution in [0.25, 0.3) is 0 Å². The van der Waals surface area contributed by atoms with Crippen molar-refractivity contribution in [1.29, 1.82) is 0 Å². The Labute approximate surface area is 97.8 Å². The van der Waals surface area contributed by atoms with Crippen LogP contribution in [0.2, 0.25) is 0 Å². The van der Waals surface area contributed by atoms with E-state index in [1.807, 2.05) is 0 Å². The lowest BCUT2D eigenvalue weighted by Crippen LogP contribution is -2.41. The summed E-state index contributed by atoms with van der Waals surface area (Å²) >= 11 is 0. The maximum Gasteiger partial charge on any atom is 0.210 e. The highest BCUT2D eigenvalue weighted by atomic mass is 16.5. The molecule has 0 bridgehead atoms. The van der Waals surface area contributed by atoms with Crippen molar-refractivity contribution in [3.05, 3.63) is 0 Å². The molecule has 2 atom stereocenters. The van der Waals surface area contributed by atoms with Crippen molar-refractivity contribution >= 4 is 11.8 Å². The summed E-state index contributed by atoms with van der Waals surface area (Å²) in [5.41, 5.74) is -0.0165. The van der Waals surface area contributed by atoms with Crippen LogP contribution >= 0.6 is 0 Å². The minimum atomic E-state index is -0.0600. The first-order valence-corrected chi connectivity index (χ1v) is 5.67. The van der Waals surface area contributed by atoms with Crippen molar-refractivity contribution in [2.45, 2.75) is 46.2 Å². The number of methoxy groups -OCH3 is 2. The van der Waals surface area contributed by atoms with E-state index in [9.17, 15) is 0 Å². The highest BCUT2D eigenvalue weighted by Gasteiger charge is 2.35. The van der Waals surface area contributed by atoms with E-state index < -0.39 is 0 Å². The molecule has 0 N–H and O–H groups in total. The van der Waals surface area contributed by atoms with Gasteiger partial charge < -0.3 is 9.47 Å². The molecule has 4 nitrogen and oxygen atoms in total. The van der Waals surface area contributed by atoms with Crippen LogP contribution in [0.1, 0.15) is 34.1 Å². The maximum atomic E-state index is 5.34. The molecule has 92 valence electrons. The van der Waals surface area contributed by atoms with Crippen LogP contribution in [-0.2, 0) is 9.47 Å². The van der Waals surface area contributed by atoms with Gasteiger partial charge in [-0.05, 0) is 11.8 Å². The minimum Gasteiger partial charge on any atom is -0.483 e. The fourth-order valence-corrected chi connectivity index (χ4v) is 1.73. The summed E-state index contributed by atoms with van der Waals surface area (Å²) in [6, 6.07) is -0.0613. The lowest BCUT2D eigenvalue weighted by atomic mass is 9.86. The van der Waals surface area contributed by atoms with E-state index in [1.54, 1.807) is 14.2 Å². The van der Waals surface area contributed by atoms with Crippen LogP contribution in [0.5, 0.6) is 0 Å². The molecule has 0 unspecified atom stereocenters. The zero-order valence-electron chi connectivity index (χ0n) is 11.1. The van der Waals surface area contributed by atoms with Gasteiger partial charge in [-0.3, -0.25) is 0 Å². The third kappa shape index (κ3) is 2.54.